The fourth-order valence-corrected chi connectivity index (χ4v) is 2.38. The summed E-state index contributed by atoms with van der Waals surface area (Å²) in [5.41, 5.74) is 1.33. The molecule has 2 rings (SSSR count). The Kier molecular flexibility index (Phi) is 3.47. The second-order valence-corrected chi connectivity index (χ2v) is 4.94. The molecule has 1 N–H and O–H groups in total. The second kappa shape index (κ2) is 4.65. The Balaban J connectivity index is 2.18. The van der Waals surface area contributed by atoms with Crippen LogP contribution >= 0.6 is 27.5 Å². The van der Waals surface area contributed by atoms with Gasteiger partial charge in [0.1, 0.15) is 0 Å². The van der Waals surface area contributed by atoms with E-state index < -0.39 is 0 Å². The summed E-state index contributed by atoms with van der Waals surface area (Å²) in [6, 6.07) is 6.69. The zero-order valence-electron chi connectivity index (χ0n) is 7.89. The zero-order valence-corrected chi connectivity index (χ0v) is 10.2. The topological polar surface area (TPSA) is 12.0 Å². The van der Waals surface area contributed by atoms with Gasteiger partial charge in [0.15, 0.2) is 0 Å². The zero-order chi connectivity index (χ0) is 9.97. The van der Waals surface area contributed by atoms with Gasteiger partial charge < -0.3 is 5.32 Å². The van der Waals surface area contributed by atoms with Crippen molar-refractivity contribution in [3.63, 3.8) is 0 Å². The maximum atomic E-state index is 5.95. The molecule has 3 heteroatoms. The van der Waals surface area contributed by atoms with E-state index in [1.54, 1.807) is 0 Å². The van der Waals surface area contributed by atoms with E-state index in [9.17, 15) is 0 Å². The van der Waals surface area contributed by atoms with E-state index in [0.29, 0.717) is 6.04 Å². The summed E-state index contributed by atoms with van der Waals surface area (Å²) >= 11 is 9.41. The van der Waals surface area contributed by atoms with Gasteiger partial charge in [-0.2, -0.15) is 0 Å². The standard InChI is InChI=1S/C11H13BrClN/c12-9-7-8(4-5-10(9)13)11-3-1-2-6-14-11/h4-5,7,11,14H,1-3,6H2/t11-/m0/s1. The molecule has 1 saturated heterocycles. The first-order chi connectivity index (χ1) is 6.77. The van der Waals surface area contributed by atoms with Gasteiger partial charge >= 0.3 is 0 Å². The fraction of sp³-hybridized carbons (Fsp3) is 0.455. The van der Waals surface area contributed by atoms with Gasteiger partial charge in [0.05, 0.1) is 5.02 Å². The molecule has 1 atom stereocenters. The van der Waals surface area contributed by atoms with Crippen molar-refractivity contribution in [2.24, 2.45) is 0 Å². The Morgan fingerprint density at radius 2 is 2.21 bits per heavy atom. The van der Waals surface area contributed by atoms with Crippen molar-refractivity contribution in [3.05, 3.63) is 33.3 Å². The van der Waals surface area contributed by atoms with Crippen LogP contribution in [0.5, 0.6) is 0 Å². The molecule has 0 unspecified atom stereocenters. The lowest BCUT2D eigenvalue weighted by molar-refractivity contribution is 0.412. The van der Waals surface area contributed by atoms with Gasteiger partial charge in [0.25, 0.3) is 0 Å². The van der Waals surface area contributed by atoms with Crippen LogP contribution in [0.25, 0.3) is 0 Å². The highest BCUT2D eigenvalue weighted by molar-refractivity contribution is 9.10. The summed E-state index contributed by atoms with van der Waals surface area (Å²) in [5, 5.41) is 4.30. The lowest BCUT2D eigenvalue weighted by atomic mass is 9.98. The number of benzene rings is 1. The van der Waals surface area contributed by atoms with Crippen LogP contribution < -0.4 is 5.32 Å². The van der Waals surface area contributed by atoms with Crippen molar-refractivity contribution in [2.45, 2.75) is 25.3 Å². The predicted molar refractivity (Wildman–Crippen MR) is 63.7 cm³/mol. The van der Waals surface area contributed by atoms with Gasteiger partial charge in [-0.3, -0.25) is 0 Å². The highest BCUT2D eigenvalue weighted by Gasteiger charge is 2.14. The highest BCUT2D eigenvalue weighted by atomic mass is 79.9. The van der Waals surface area contributed by atoms with E-state index >= 15 is 0 Å². The molecule has 0 spiro atoms. The third kappa shape index (κ3) is 2.30. The van der Waals surface area contributed by atoms with E-state index in [-0.39, 0.29) is 0 Å². The number of hydrogen-bond acceptors (Lipinski definition) is 1. The number of rotatable bonds is 1. The molecule has 0 aliphatic carbocycles. The summed E-state index contributed by atoms with van der Waals surface area (Å²) in [6.07, 6.45) is 3.84. The lowest BCUT2D eigenvalue weighted by Gasteiger charge is -2.24. The van der Waals surface area contributed by atoms with Gasteiger partial charge in [-0.05, 0) is 53.0 Å². The normalized spacial score (nSPS) is 22.3. The Hall–Kier alpha value is -0.0500. The van der Waals surface area contributed by atoms with Crippen molar-refractivity contribution < 1.29 is 0 Å². The minimum absolute atomic E-state index is 0.511. The molecule has 1 fully saturated rings. The molecule has 1 nitrogen and oxygen atoms in total. The monoisotopic (exact) mass is 273 g/mol. The third-order valence-electron chi connectivity index (χ3n) is 2.66. The van der Waals surface area contributed by atoms with Crippen LogP contribution in [0.4, 0.5) is 0 Å². The quantitative estimate of drug-likeness (QED) is 0.818. The summed E-state index contributed by atoms with van der Waals surface area (Å²) < 4.78 is 0.990. The van der Waals surface area contributed by atoms with Crippen LogP contribution in [-0.4, -0.2) is 6.54 Å². The summed E-state index contributed by atoms with van der Waals surface area (Å²) in [4.78, 5) is 0. The van der Waals surface area contributed by atoms with Crippen molar-refractivity contribution >= 4 is 27.5 Å². The first-order valence-electron chi connectivity index (χ1n) is 4.96. The molecular formula is C11H13BrClN. The molecular weight excluding hydrogens is 261 g/mol. The Morgan fingerprint density at radius 3 is 2.86 bits per heavy atom. The van der Waals surface area contributed by atoms with E-state index in [1.807, 2.05) is 6.07 Å². The molecule has 0 amide bonds. The number of nitrogens with one attached hydrogen (secondary N) is 1. The smallest absolute Gasteiger partial charge is 0.0548 e. The number of halogens is 2. The van der Waals surface area contributed by atoms with Crippen molar-refractivity contribution in [2.75, 3.05) is 6.54 Å². The van der Waals surface area contributed by atoms with Crippen LogP contribution in [0.15, 0.2) is 22.7 Å². The Labute approximate surface area is 98.0 Å². The molecule has 1 aliphatic rings. The van der Waals surface area contributed by atoms with Gasteiger partial charge in [-0.25, -0.2) is 0 Å². The number of piperidine rings is 1. The molecule has 0 aromatic heterocycles. The minimum atomic E-state index is 0.511. The van der Waals surface area contributed by atoms with Gasteiger partial charge in [0.2, 0.25) is 0 Å². The van der Waals surface area contributed by atoms with E-state index in [1.165, 1.54) is 24.8 Å². The molecule has 0 saturated carbocycles. The minimum Gasteiger partial charge on any atom is -0.310 e. The molecule has 1 aromatic rings. The molecule has 0 bridgehead atoms. The van der Waals surface area contributed by atoms with Crippen molar-refractivity contribution in [1.29, 1.82) is 0 Å². The Bertz CT molecular complexity index is 321. The highest BCUT2D eigenvalue weighted by Crippen LogP contribution is 2.29. The fourth-order valence-electron chi connectivity index (χ4n) is 1.87. The average molecular weight is 275 g/mol. The van der Waals surface area contributed by atoms with Crippen molar-refractivity contribution in [3.8, 4) is 0 Å². The van der Waals surface area contributed by atoms with Crippen LogP contribution in [0, 0.1) is 0 Å². The average Bonchev–Trinajstić information content (AvgIpc) is 2.23. The van der Waals surface area contributed by atoms with Gasteiger partial charge in [-0.15, -0.1) is 0 Å². The predicted octanol–water partition coefficient (Wildman–Crippen LogP) is 3.92. The first-order valence-corrected chi connectivity index (χ1v) is 6.13. The summed E-state index contributed by atoms with van der Waals surface area (Å²) in [7, 11) is 0. The van der Waals surface area contributed by atoms with Crippen LogP contribution in [0.3, 0.4) is 0 Å². The second-order valence-electron chi connectivity index (χ2n) is 3.68. The van der Waals surface area contributed by atoms with Gasteiger partial charge in [0, 0.05) is 10.5 Å². The summed E-state index contributed by atoms with van der Waals surface area (Å²) in [5.74, 6) is 0. The molecule has 14 heavy (non-hydrogen) atoms. The maximum absolute atomic E-state index is 5.95. The van der Waals surface area contributed by atoms with Crippen LogP contribution in [0.1, 0.15) is 30.9 Å². The molecule has 76 valence electrons. The largest absolute Gasteiger partial charge is 0.310 e. The van der Waals surface area contributed by atoms with Crippen LogP contribution in [0.2, 0.25) is 5.02 Å². The van der Waals surface area contributed by atoms with E-state index in [2.05, 4.69) is 33.4 Å². The Morgan fingerprint density at radius 1 is 1.36 bits per heavy atom. The molecule has 1 heterocycles. The van der Waals surface area contributed by atoms with E-state index in [4.69, 9.17) is 11.6 Å². The van der Waals surface area contributed by atoms with Gasteiger partial charge in [-0.1, -0.05) is 24.1 Å². The lowest BCUT2D eigenvalue weighted by Crippen LogP contribution is -2.26. The molecule has 0 radical (unpaired) electrons. The van der Waals surface area contributed by atoms with E-state index in [0.717, 1.165) is 16.0 Å². The van der Waals surface area contributed by atoms with Crippen LogP contribution in [-0.2, 0) is 0 Å². The SMILES string of the molecule is Clc1ccc([C@@H]2CCCCN2)cc1Br. The first kappa shape index (κ1) is 10.5. The third-order valence-corrected chi connectivity index (χ3v) is 3.87. The van der Waals surface area contributed by atoms with Crippen molar-refractivity contribution in [1.82, 2.24) is 5.32 Å². The molecule has 1 aliphatic heterocycles. The number of hydrogen-bond donors (Lipinski definition) is 1. The maximum Gasteiger partial charge on any atom is 0.0548 e. The summed E-state index contributed by atoms with van der Waals surface area (Å²) in [6.45, 7) is 1.13. The molecule has 1 aromatic carbocycles.